The summed E-state index contributed by atoms with van der Waals surface area (Å²) in [6.07, 6.45) is 0. The maximum Gasteiger partial charge on any atom is 0.321 e. The van der Waals surface area contributed by atoms with Gasteiger partial charge in [-0.1, -0.05) is 23.1 Å². The number of carbonyl (C=O) groups excluding carboxylic acids is 2. The van der Waals surface area contributed by atoms with Gasteiger partial charge in [0.25, 0.3) is 0 Å². The molecule has 2 N–H and O–H groups in total. The van der Waals surface area contributed by atoms with E-state index in [1.165, 1.54) is 23.1 Å². The zero-order valence-corrected chi connectivity index (χ0v) is 11.4. The molecule has 1 atom stereocenters. The summed E-state index contributed by atoms with van der Waals surface area (Å²) in [5.41, 5.74) is 1.60. The fraction of sp³-hybridized carbons (Fsp3) is 0.556. The quantitative estimate of drug-likeness (QED) is 0.807. The van der Waals surface area contributed by atoms with Crippen molar-refractivity contribution in [2.75, 3.05) is 0 Å². The molecule has 17 heavy (non-hydrogen) atoms. The van der Waals surface area contributed by atoms with E-state index in [4.69, 9.17) is 0 Å². The normalized spacial score (nSPS) is 12.2. The van der Waals surface area contributed by atoms with Crippen LogP contribution in [0.3, 0.4) is 0 Å². The number of hydrogen-bond donors (Lipinski definition) is 2. The Hall–Kier alpha value is -1.15. The van der Waals surface area contributed by atoms with Gasteiger partial charge in [0.15, 0.2) is 4.34 Å². The molecule has 0 saturated carbocycles. The van der Waals surface area contributed by atoms with Crippen LogP contribution in [-0.2, 0) is 4.79 Å². The summed E-state index contributed by atoms with van der Waals surface area (Å²) >= 11 is 2.63. The Labute approximate surface area is 108 Å². The van der Waals surface area contributed by atoms with Gasteiger partial charge in [0.05, 0.1) is 5.25 Å². The second-order valence-corrected chi connectivity index (χ2v) is 6.00. The summed E-state index contributed by atoms with van der Waals surface area (Å²) in [5.74, 6) is -0.344. The zero-order chi connectivity index (χ0) is 12.8. The van der Waals surface area contributed by atoms with Crippen LogP contribution < -0.4 is 10.6 Å². The maximum atomic E-state index is 11.6. The van der Waals surface area contributed by atoms with Gasteiger partial charge in [-0.3, -0.25) is 10.1 Å². The highest BCUT2D eigenvalue weighted by Crippen LogP contribution is 2.23. The van der Waals surface area contributed by atoms with Crippen molar-refractivity contribution < 1.29 is 9.59 Å². The first-order valence-corrected chi connectivity index (χ1v) is 6.79. The maximum absolute atomic E-state index is 11.6. The number of hydrogen-bond acceptors (Lipinski definition) is 6. The predicted molar refractivity (Wildman–Crippen MR) is 67.0 cm³/mol. The number of amides is 3. The smallest absolute Gasteiger partial charge is 0.321 e. The van der Waals surface area contributed by atoms with E-state index < -0.39 is 6.03 Å². The van der Waals surface area contributed by atoms with Gasteiger partial charge < -0.3 is 5.32 Å². The van der Waals surface area contributed by atoms with Gasteiger partial charge in [-0.05, 0) is 20.8 Å². The van der Waals surface area contributed by atoms with Crippen LogP contribution in [0.4, 0.5) is 4.79 Å². The largest absolute Gasteiger partial charge is 0.336 e. The van der Waals surface area contributed by atoms with Crippen LogP contribution in [0.1, 0.15) is 20.8 Å². The van der Waals surface area contributed by atoms with Crippen LogP contribution in [0.5, 0.6) is 0 Å². The van der Waals surface area contributed by atoms with Crippen molar-refractivity contribution >= 4 is 35.0 Å². The molecule has 0 saturated heterocycles. The second-order valence-electron chi connectivity index (χ2n) is 3.58. The first-order valence-electron chi connectivity index (χ1n) is 5.03. The van der Waals surface area contributed by atoms with Crippen LogP contribution >= 0.6 is 23.1 Å². The fourth-order valence-electron chi connectivity index (χ4n) is 0.931. The van der Waals surface area contributed by atoms with Crippen LogP contribution in [0.2, 0.25) is 0 Å². The van der Waals surface area contributed by atoms with E-state index in [9.17, 15) is 9.59 Å². The SMILES string of the molecule is CC(C)NC(=O)NC(=O)[C@H](C)Sc1nncs1. The third kappa shape index (κ3) is 5.14. The Morgan fingerprint density at radius 1 is 1.41 bits per heavy atom. The molecule has 3 amide bonds. The third-order valence-electron chi connectivity index (χ3n) is 1.64. The van der Waals surface area contributed by atoms with Gasteiger partial charge in [0, 0.05) is 6.04 Å². The van der Waals surface area contributed by atoms with Gasteiger partial charge in [0.2, 0.25) is 5.91 Å². The summed E-state index contributed by atoms with van der Waals surface area (Å²) < 4.78 is 0.705. The third-order valence-corrected chi connectivity index (χ3v) is 3.55. The van der Waals surface area contributed by atoms with E-state index in [0.717, 1.165) is 0 Å². The molecule has 0 spiro atoms. The van der Waals surface area contributed by atoms with Crippen LogP contribution in [0.25, 0.3) is 0 Å². The van der Waals surface area contributed by atoms with E-state index in [-0.39, 0.29) is 17.2 Å². The molecule has 0 unspecified atom stereocenters. The summed E-state index contributed by atoms with van der Waals surface area (Å²) in [4.78, 5) is 22.9. The van der Waals surface area contributed by atoms with Gasteiger partial charge in [-0.25, -0.2) is 4.79 Å². The Morgan fingerprint density at radius 2 is 2.12 bits per heavy atom. The number of aromatic nitrogens is 2. The molecule has 1 aromatic rings. The van der Waals surface area contributed by atoms with Gasteiger partial charge >= 0.3 is 6.03 Å². The molecule has 6 nitrogen and oxygen atoms in total. The summed E-state index contributed by atoms with van der Waals surface area (Å²) in [5, 5.41) is 12.0. The Kier molecular flexibility index (Phi) is 5.36. The monoisotopic (exact) mass is 274 g/mol. The first kappa shape index (κ1) is 13.9. The van der Waals surface area contributed by atoms with Gasteiger partial charge in [-0.2, -0.15) is 0 Å². The molecule has 94 valence electrons. The number of carbonyl (C=O) groups is 2. The Balaban J connectivity index is 2.39. The molecule has 8 heteroatoms. The van der Waals surface area contributed by atoms with Crippen molar-refractivity contribution in [2.24, 2.45) is 0 Å². The van der Waals surface area contributed by atoms with Crippen molar-refractivity contribution in [3.8, 4) is 0 Å². The molecule has 1 aromatic heterocycles. The highest BCUT2D eigenvalue weighted by Gasteiger charge is 2.18. The van der Waals surface area contributed by atoms with Crippen molar-refractivity contribution in [3.63, 3.8) is 0 Å². The Morgan fingerprint density at radius 3 is 2.65 bits per heavy atom. The van der Waals surface area contributed by atoms with E-state index in [1.807, 2.05) is 13.8 Å². The zero-order valence-electron chi connectivity index (χ0n) is 9.76. The molecule has 0 aliphatic rings. The fourth-order valence-corrected chi connectivity index (χ4v) is 2.56. The lowest BCUT2D eigenvalue weighted by Crippen LogP contribution is -2.45. The van der Waals surface area contributed by atoms with E-state index >= 15 is 0 Å². The first-order chi connectivity index (χ1) is 7.99. The topological polar surface area (TPSA) is 84.0 Å². The number of rotatable bonds is 4. The number of imide groups is 1. The minimum atomic E-state index is -0.477. The van der Waals surface area contributed by atoms with Crippen molar-refractivity contribution in [1.29, 1.82) is 0 Å². The van der Waals surface area contributed by atoms with Crippen LogP contribution in [-0.4, -0.2) is 33.4 Å². The molecule has 0 aliphatic carbocycles. The van der Waals surface area contributed by atoms with Crippen LogP contribution in [0.15, 0.2) is 9.85 Å². The molecule has 0 fully saturated rings. The number of nitrogens with zero attached hydrogens (tertiary/aromatic N) is 2. The lowest BCUT2D eigenvalue weighted by Gasteiger charge is -2.11. The van der Waals surface area contributed by atoms with Crippen LogP contribution in [0, 0.1) is 0 Å². The van der Waals surface area contributed by atoms with E-state index in [2.05, 4.69) is 20.8 Å². The summed E-state index contributed by atoms with van der Waals surface area (Å²) in [7, 11) is 0. The van der Waals surface area contributed by atoms with Crippen molar-refractivity contribution in [1.82, 2.24) is 20.8 Å². The number of nitrogens with one attached hydrogen (secondary N) is 2. The highest BCUT2D eigenvalue weighted by atomic mass is 32.2. The van der Waals surface area contributed by atoms with E-state index in [1.54, 1.807) is 12.4 Å². The van der Waals surface area contributed by atoms with Crippen molar-refractivity contribution in [2.45, 2.75) is 36.4 Å². The minimum absolute atomic E-state index is 0.00563. The average molecular weight is 274 g/mol. The highest BCUT2D eigenvalue weighted by molar-refractivity contribution is 8.02. The number of thioether (sulfide) groups is 1. The number of urea groups is 1. The second kappa shape index (κ2) is 6.55. The molecule has 1 rings (SSSR count). The Bertz CT molecular complexity index is 380. The van der Waals surface area contributed by atoms with E-state index in [0.29, 0.717) is 4.34 Å². The lowest BCUT2D eigenvalue weighted by molar-refractivity contribution is -0.119. The van der Waals surface area contributed by atoms with Gasteiger partial charge in [-0.15, -0.1) is 10.2 Å². The lowest BCUT2D eigenvalue weighted by atomic mass is 10.4. The molecule has 0 aliphatic heterocycles. The molecule has 0 bridgehead atoms. The molecular formula is C9H14N4O2S2. The van der Waals surface area contributed by atoms with Gasteiger partial charge in [0.1, 0.15) is 5.51 Å². The summed E-state index contributed by atoms with van der Waals surface area (Å²) in [6, 6.07) is -0.483. The standard InChI is InChI=1S/C9H14N4O2S2/c1-5(2)11-8(15)12-7(14)6(3)17-9-13-10-4-16-9/h4-6H,1-3H3,(H2,11,12,14,15)/t6-/m0/s1. The molecular weight excluding hydrogens is 260 g/mol. The minimum Gasteiger partial charge on any atom is -0.336 e. The average Bonchev–Trinajstić information content (AvgIpc) is 2.68. The molecule has 0 aromatic carbocycles. The molecule has 0 radical (unpaired) electrons. The van der Waals surface area contributed by atoms with Crippen molar-refractivity contribution in [3.05, 3.63) is 5.51 Å². The predicted octanol–water partition coefficient (Wildman–Crippen LogP) is 1.25. The molecule has 1 heterocycles. The summed E-state index contributed by atoms with van der Waals surface area (Å²) in [6.45, 7) is 5.36.